The average molecular weight is 93.1 g/mol. The summed E-state index contributed by atoms with van der Waals surface area (Å²) in [5, 5.41) is 0. The molecule has 0 saturated heterocycles. The monoisotopic (exact) mass is 93.1 g/mol. The van der Waals surface area contributed by atoms with Crippen LogP contribution in [0.15, 0.2) is 0 Å². The summed E-state index contributed by atoms with van der Waals surface area (Å²) in [5.41, 5.74) is 0. The molecular formula is C7H9. The number of hydrogen-bond donors (Lipinski definition) is 0. The van der Waals surface area contributed by atoms with E-state index >= 15 is 0 Å². The van der Waals surface area contributed by atoms with E-state index in [0.29, 0.717) is 0 Å². The third-order valence-corrected chi connectivity index (χ3v) is 2.92. The lowest BCUT2D eigenvalue weighted by Crippen LogP contribution is -2.05. The predicted molar refractivity (Wildman–Crippen MR) is 27.6 cm³/mol. The average Bonchev–Trinajstić information content (AvgIpc) is 2.53. The third kappa shape index (κ3) is 0.198. The predicted octanol–water partition coefficient (Wildman–Crippen LogP) is 1.62. The van der Waals surface area contributed by atoms with Crippen LogP contribution in [0.5, 0.6) is 0 Å². The molecule has 4 saturated carbocycles. The molecule has 2 bridgehead atoms. The maximum absolute atomic E-state index is 1.94. The Kier molecular flexibility index (Phi) is 0.296. The van der Waals surface area contributed by atoms with Crippen molar-refractivity contribution in [2.24, 2.45) is 17.8 Å². The van der Waals surface area contributed by atoms with Gasteiger partial charge in [-0.25, -0.2) is 0 Å². The second-order valence-electron chi connectivity index (χ2n) is 3.18. The van der Waals surface area contributed by atoms with E-state index in [0.717, 1.165) is 0 Å². The summed E-state index contributed by atoms with van der Waals surface area (Å²) in [7, 11) is 0. The minimum absolute atomic E-state index is 1.20. The van der Waals surface area contributed by atoms with Crippen molar-refractivity contribution in [3.05, 3.63) is 5.92 Å². The van der Waals surface area contributed by atoms with Gasteiger partial charge in [-0.1, -0.05) is 6.42 Å². The van der Waals surface area contributed by atoms with Gasteiger partial charge in [-0.15, -0.1) is 0 Å². The Balaban J connectivity index is 1.95. The molecule has 0 spiro atoms. The maximum Gasteiger partial charge on any atom is -0.0167 e. The quantitative estimate of drug-likeness (QED) is 0.427. The van der Waals surface area contributed by atoms with Crippen molar-refractivity contribution >= 4 is 0 Å². The first-order chi connectivity index (χ1) is 3.48. The van der Waals surface area contributed by atoms with Crippen LogP contribution in [0.4, 0.5) is 0 Å². The smallest absolute Gasteiger partial charge is 0.0167 e. The second kappa shape index (κ2) is 0.667. The van der Waals surface area contributed by atoms with Crippen molar-refractivity contribution < 1.29 is 0 Å². The highest BCUT2D eigenvalue weighted by Gasteiger charge is 2.73. The van der Waals surface area contributed by atoms with Gasteiger partial charge in [0, 0.05) is 0 Å². The summed E-state index contributed by atoms with van der Waals surface area (Å²) in [5.74, 6) is 5.57. The van der Waals surface area contributed by atoms with Crippen molar-refractivity contribution in [3.63, 3.8) is 0 Å². The van der Waals surface area contributed by atoms with Gasteiger partial charge in [0.25, 0.3) is 0 Å². The Morgan fingerprint density at radius 1 is 1.29 bits per heavy atom. The van der Waals surface area contributed by atoms with Crippen LogP contribution in [0.2, 0.25) is 0 Å². The molecule has 1 radical (unpaired) electrons. The molecule has 4 aliphatic carbocycles. The van der Waals surface area contributed by atoms with Crippen LogP contribution < -0.4 is 0 Å². The van der Waals surface area contributed by atoms with E-state index < -0.39 is 0 Å². The summed E-state index contributed by atoms with van der Waals surface area (Å²) in [6.07, 6.45) is 4.59. The maximum atomic E-state index is 1.94. The highest BCUT2D eigenvalue weighted by atomic mass is 14.8. The van der Waals surface area contributed by atoms with E-state index in [9.17, 15) is 0 Å². The second-order valence-corrected chi connectivity index (χ2v) is 3.18. The van der Waals surface area contributed by atoms with Crippen LogP contribution in [0, 0.1) is 23.7 Å². The van der Waals surface area contributed by atoms with Gasteiger partial charge in [0.15, 0.2) is 0 Å². The largest absolute Gasteiger partial charge is 0.0524 e. The zero-order valence-corrected chi connectivity index (χ0v) is 4.35. The molecule has 0 aromatic carbocycles. The first-order valence-electron chi connectivity index (χ1n) is 3.34. The molecule has 0 amide bonds. The zero-order chi connectivity index (χ0) is 4.43. The van der Waals surface area contributed by atoms with Crippen molar-refractivity contribution in [2.75, 3.05) is 0 Å². The van der Waals surface area contributed by atoms with Crippen LogP contribution in [0.1, 0.15) is 19.3 Å². The molecule has 4 aliphatic rings. The zero-order valence-electron chi connectivity index (χ0n) is 4.35. The first-order valence-corrected chi connectivity index (χ1v) is 3.34. The topological polar surface area (TPSA) is 0 Å². The van der Waals surface area contributed by atoms with E-state index in [4.69, 9.17) is 0 Å². The summed E-state index contributed by atoms with van der Waals surface area (Å²) in [6, 6.07) is 0. The van der Waals surface area contributed by atoms with Crippen LogP contribution in [-0.2, 0) is 0 Å². The molecule has 0 aromatic rings. The molecule has 37 valence electrons. The van der Waals surface area contributed by atoms with Crippen LogP contribution in [-0.4, -0.2) is 0 Å². The third-order valence-electron chi connectivity index (χ3n) is 2.92. The number of hydrogen-bond acceptors (Lipinski definition) is 0. The standard InChI is InChI=1S/C7H9/c1-2-4-6-5(3-1)7(4)6/h4,6-7H,1-3H2. The molecule has 0 heterocycles. The molecule has 7 heavy (non-hydrogen) atoms. The van der Waals surface area contributed by atoms with Gasteiger partial charge in [-0.2, -0.15) is 0 Å². The molecule has 2 unspecified atom stereocenters. The van der Waals surface area contributed by atoms with Crippen molar-refractivity contribution in [1.29, 1.82) is 0 Å². The van der Waals surface area contributed by atoms with Crippen LogP contribution >= 0.6 is 0 Å². The highest BCUT2D eigenvalue weighted by molar-refractivity contribution is 5.40. The number of rotatable bonds is 0. The molecule has 0 aromatic heterocycles. The fourth-order valence-electron chi connectivity index (χ4n) is 2.40. The van der Waals surface area contributed by atoms with Crippen molar-refractivity contribution in [3.8, 4) is 0 Å². The lowest BCUT2D eigenvalue weighted by Gasteiger charge is -2.16. The Labute approximate surface area is 43.9 Å². The lowest BCUT2D eigenvalue weighted by molar-refractivity contribution is 0.463. The summed E-state index contributed by atoms with van der Waals surface area (Å²) in [6.45, 7) is 0. The van der Waals surface area contributed by atoms with Gasteiger partial charge in [0.2, 0.25) is 0 Å². The minimum atomic E-state index is 1.20. The van der Waals surface area contributed by atoms with E-state index in [1.165, 1.54) is 30.6 Å². The van der Waals surface area contributed by atoms with Crippen LogP contribution in [0.25, 0.3) is 0 Å². The summed E-state index contributed by atoms with van der Waals surface area (Å²) >= 11 is 0. The molecule has 0 N–H and O–H groups in total. The van der Waals surface area contributed by atoms with E-state index in [-0.39, 0.29) is 0 Å². The molecule has 4 fully saturated rings. The molecule has 0 heteroatoms. The summed E-state index contributed by atoms with van der Waals surface area (Å²) in [4.78, 5) is 0. The lowest BCUT2D eigenvalue weighted by atomic mass is 9.89. The molecular weight excluding hydrogens is 84.1 g/mol. The van der Waals surface area contributed by atoms with E-state index in [1.54, 1.807) is 6.42 Å². The fourth-order valence-corrected chi connectivity index (χ4v) is 2.40. The van der Waals surface area contributed by atoms with E-state index in [1.807, 2.05) is 5.92 Å². The van der Waals surface area contributed by atoms with Gasteiger partial charge in [0.1, 0.15) is 0 Å². The molecule has 4 rings (SSSR count). The van der Waals surface area contributed by atoms with Gasteiger partial charge in [-0.05, 0) is 36.5 Å². The van der Waals surface area contributed by atoms with Gasteiger partial charge < -0.3 is 0 Å². The summed E-state index contributed by atoms with van der Waals surface area (Å²) < 4.78 is 0. The normalized spacial score (nSPS) is 64.3. The number of fused-ring (bicyclic) bond motifs is 2. The first kappa shape index (κ1) is 3.11. The van der Waals surface area contributed by atoms with Gasteiger partial charge >= 0.3 is 0 Å². The Morgan fingerprint density at radius 2 is 2.14 bits per heavy atom. The highest BCUT2D eigenvalue weighted by Crippen LogP contribution is 2.80. The molecule has 0 aliphatic heterocycles. The molecule has 0 nitrogen and oxygen atoms in total. The van der Waals surface area contributed by atoms with Crippen molar-refractivity contribution in [2.45, 2.75) is 19.3 Å². The molecule has 2 atom stereocenters. The SMILES string of the molecule is C1C[C]2C3C(C1)C23. The van der Waals surface area contributed by atoms with Crippen LogP contribution in [0.3, 0.4) is 0 Å². The minimum Gasteiger partial charge on any atom is -0.0524 e. The Morgan fingerprint density at radius 3 is 2.43 bits per heavy atom. The van der Waals surface area contributed by atoms with Crippen molar-refractivity contribution in [1.82, 2.24) is 0 Å². The Bertz CT molecular complexity index is 83.2. The van der Waals surface area contributed by atoms with Gasteiger partial charge in [0.05, 0.1) is 0 Å². The fraction of sp³-hybridized carbons (Fsp3) is 0.857. The van der Waals surface area contributed by atoms with E-state index in [2.05, 4.69) is 0 Å². The van der Waals surface area contributed by atoms with Gasteiger partial charge in [-0.3, -0.25) is 0 Å². The Hall–Kier alpha value is 0.